The van der Waals surface area contributed by atoms with Crippen molar-refractivity contribution in [3.63, 3.8) is 0 Å². The van der Waals surface area contributed by atoms with Crippen LogP contribution in [0.25, 0.3) is 0 Å². The van der Waals surface area contributed by atoms with Gasteiger partial charge in [0, 0.05) is 6.42 Å². The monoisotopic (exact) mass is 549 g/mol. The lowest BCUT2D eigenvalue weighted by Gasteiger charge is -2.27. The average Bonchev–Trinajstić information content (AvgIpc) is 2.89. The molecule has 0 radical (unpaired) electrons. The van der Waals surface area contributed by atoms with Gasteiger partial charge in [0.25, 0.3) is 0 Å². The summed E-state index contributed by atoms with van der Waals surface area (Å²) in [5, 5.41) is 16.2. The van der Waals surface area contributed by atoms with Crippen molar-refractivity contribution in [1.82, 2.24) is 15.7 Å². The van der Waals surface area contributed by atoms with Crippen molar-refractivity contribution in [2.45, 2.75) is 52.3 Å². The van der Waals surface area contributed by atoms with E-state index in [1.807, 2.05) is 37.3 Å². The number of amides is 2. The van der Waals surface area contributed by atoms with Crippen molar-refractivity contribution in [2.75, 3.05) is 13.2 Å². The van der Waals surface area contributed by atoms with Gasteiger partial charge in [0.2, 0.25) is 11.8 Å². The molecule has 5 N–H and O–H groups in total. The first kappa shape index (κ1) is 31.0. The number of rotatable bonds is 16. The normalized spacial score (nSPS) is 14.9. The molecule has 208 valence electrons. The summed E-state index contributed by atoms with van der Waals surface area (Å²) in [6, 6.07) is 14.3. The van der Waals surface area contributed by atoms with E-state index >= 15 is 0 Å². The second-order valence-electron chi connectivity index (χ2n) is 8.73. The molecule has 2 aromatic rings. The molecule has 11 nitrogen and oxygen atoms in total. The van der Waals surface area contributed by atoms with Crippen LogP contribution in [0.5, 0.6) is 5.75 Å². The third-order valence-electron chi connectivity index (χ3n) is 5.76. The fourth-order valence-electron chi connectivity index (χ4n) is 3.52. The van der Waals surface area contributed by atoms with Crippen LogP contribution in [0.2, 0.25) is 0 Å². The average molecular weight is 550 g/mol. The number of hydrogen-bond acceptors (Lipinski definition) is 6. The summed E-state index contributed by atoms with van der Waals surface area (Å²) >= 11 is 0. The highest BCUT2D eigenvalue weighted by Gasteiger charge is 2.34. The number of benzene rings is 2. The van der Waals surface area contributed by atoms with Crippen LogP contribution in [0.4, 0.5) is 0 Å². The molecule has 4 atom stereocenters. The van der Waals surface area contributed by atoms with E-state index in [1.165, 1.54) is 0 Å². The van der Waals surface area contributed by atoms with E-state index in [-0.39, 0.29) is 18.9 Å². The molecule has 0 fully saturated rings. The minimum Gasteiger partial charge on any atom is -0.489 e. The van der Waals surface area contributed by atoms with Crippen LogP contribution < -0.4 is 20.5 Å². The molecular formula is C26H36N3O8P. The Hall–Kier alpha value is -3.24. The van der Waals surface area contributed by atoms with E-state index in [4.69, 9.17) is 14.4 Å². The Kier molecular flexibility index (Phi) is 12.4. The van der Waals surface area contributed by atoms with Gasteiger partial charge in [-0.2, -0.15) is 0 Å². The van der Waals surface area contributed by atoms with Gasteiger partial charge in [-0.05, 0) is 36.1 Å². The number of hydrogen-bond donors (Lipinski definition) is 5. The third kappa shape index (κ3) is 10.6. The maximum absolute atomic E-state index is 13.2. The highest BCUT2D eigenvalue weighted by Crippen LogP contribution is 2.38. The van der Waals surface area contributed by atoms with Crippen LogP contribution in [0.1, 0.15) is 38.3 Å². The number of carbonyl (C=O) groups excluding carboxylic acids is 2. The van der Waals surface area contributed by atoms with Crippen molar-refractivity contribution in [3.05, 3.63) is 65.7 Å². The lowest BCUT2D eigenvalue weighted by Crippen LogP contribution is -2.55. The predicted molar refractivity (Wildman–Crippen MR) is 141 cm³/mol. The summed E-state index contributed by atoms with van der Waals surface area (Å²) in [5.41, 5.74) is 1.69. The smallest absolute Gasteiger partial charge is 0.403 e. The lowest BCUT2D eigenvalue weighted by atomic mass is 9.98. The molecule has 2 amide bonds. The fourth-order valence-corrected chi connectivity index (χ4v) is 4.67. The van der Waals surface area contributed by atoms with E-state index in [0.717, 1.165) is 5.56 Å². The van der Waals surface area contributed by atoms with Crippen molar-refractivity contribution in [2.24, 2.45) is 5.92 Å². The molecule has 2 rings (SSSR count). The minimum atomic E-state index is -4.27. The molecule has 0 saturated carbocycles. The van der Waals surface area contributed by atoms with Crippen LogP contribution in [0, 0.1) is 5.92 Å². The van der Waals surface area contributed by atoms with Gasteiger partial charge in [-0.1, -0.05) is 62.7 Å². The molecule has 0 spiro atoms. The summed E-state index contributed by atoms with van der Waals surface area (Å²) in [4.78, 5) is 47.0. The fraction of sp³-hybridized carbons (Fsp3) is 0.423. The number of nitrogens with one attached hydrogen (secondary N) is 3. The summed E-state index contributed by atoms with van der Waals surface area (Å²) in [6.45, 7) is 4.80. The van der Waals surface area contributed by atoms with Gasteiger partial charge in [0.1, 0.15) is 24.9 Å². The quantitative estimate of drug-likeness (QED) is 0.198. The zero-order valence-corrected chi connectivity index (χ0v) is 22.6. The molecular weight excluding hydrogens is 513 g/mol. The number of carboxylic acids is 1. The number of carbonyl (C=O) groups is 3. The van der Waals surface area contributed by atoms with Crippen LogP contribution in [-0.2, 0) is 36.5 Å². The van der Waals surface area contributed by atoms with E-state index in [0.29, 0.717) is 24.3 Å². The number of aliphatic carboxylic acids is 1. The van der Waals surface area contributed by atoms with E-state index in [9.17, 15) is 23.8 Å². The van der Waals surface area contributed by atoms with Crippen LogP contribution in [0.15, 0.2) is 54.6 Å². The van der Waals surface area contributed by atoms with Crippen molar-refractivity contribution < 1.29 is 38.2 Å². The Morgan fingerprint density at radius 2 is 1.63 bits per heavy atom. The highest BCUT2D eigenvalue weighted by molar-refractivity contribution is 7.50. The van der Waals surface area contributed by atoms with Gasteiger partial charge in [0.05, 0.1) is 12.6 Å². The van der Waals surface area contributed by atoms with E-state index in [1.54, 1.807) is 38.1 Å². The number of ether oxygens (including phenoxy) is 1. The van der Waals surface area contributed by atoms with Crippen molar-refractivity contribution in [1.29, 1.82) is 0 Å². The van der Waals surface area contributed by atoms with Crippen LogP contribution in [0.3, 0.4) is 0 Å². The van der Waals surface area contributed by atoms with E-state index in [2.05, 4.69) is 15.7 Å². The molecule has 0 saturated heterocycles. The van der Waals surface area contributed by atoms with Gasteiger partial charge in [-0.3, -0.25) is 18.9 Å². The summed E-state index contributed by atoms with van der Waals surface area (Å²) in [7, 11) is -4.27. The molecule has 0 aliphatic rings. The van der Waals surface area contributed by atoms with Gasteiger partial charge < -0.3 is 25.4 Å². The molecule has 12 heteroatoms. The minimum absolute atomic E-state index is 0.0408. The summed E-state index contributed by atoms with van der Waals surface area (Å²) in [6.07, 6.45) is 0.545. The Morgan fingerprint density at radius 1 is 0.974 bits per heavy atom. The molecule has 0 bridgehead atoms. The van der Waals surface area contributed by atoms with E-state index < -0.39 is 44.2 Å². The standard InChI is InChI=1S/C26H36N3O8P/c1-4-18(3)24(29-38(34,35)37-5-2)26(33)28-22(25(32)27-16-23(30)31)15-19-11-13-21(14-12-19)36-17-20-9-7-6-8-10-20/h6-14,18,22,24H,4-5,15-17H2,1-3H3,(H,27,32)(H,28,33)(H,30,31)(H2,29,34,35)/t18-,22-,24-/m0/s1. The van der Waals surface area contributed by atoms with Gasteiger partial charge in [0.15, 0.2) is 0 Å². The lowest BCUT2D eigenvalue weighted by molar-refractivity contribution is -0.138. The summed E-state index contributed by atoms with van der Waals surface area (Å²) < 4.78 is 22.9. The Morgan fingerprint density at radius 3 is 2.21 bits per heavy atom. The van der Waals surface area contributed by atoms with Crippen LogP contribution >= 0.6 is 7.75 Å². The molecule has 0 heterocycles. The molecule has 0 aromatic heterocycles. The zero-order valence-electron chi connectivity index (χ0n) is 21.8. The first-order valence-corrected chi connectivity index (χ1v) is 13.9. The Bertz CT molecular complexity index is 1100. The summed E-state index contributed by atoms with van der Waals surface area (Å²) in [5.74, 6) is -2.39. The topological polar surface area (TPSA) is 163 Å². The highest BCUT2D eigenvalue weighted by atomic mass is 31.2. The van der Waals surface area contributed by atoms with Crippen molar-refractivity contribution >= 4 is 25.5 Å². The SMILES string of the molecule is CCOP(=O)(O)N[C@H](C(=O)N[C@@H](Cc1ccc(OCc2ccccc2)cc1)C(=O)NCC(=O)O)[C@@H](C)CC. The number of carboxylic acid groups (broad SMARTS) is 1. The van der Waals surface area contributed by atoms with Crippen molar-refractivity contribution in [3.8, 4) is 5.75 Å². The molecule has 1 unspecified atom stereocenters. The second kappa shape index (κ2) is 15.2. The zero-order chi connectivity index (χ0) is 28.1. The predicted octanol–water partition coefficient (Wildman–Crippen LogP) is 2.63. The molecule has 0 aliphatic heterocycles. The maximum Gasteiger partial charge on any atom is 0.403 e. The maximum atomic E-state index is 13.2. The molecule has 2 aromatic carbocycles. The first-order valence-electron chi connectivity index (χ1n) is 12.3. The van der Waals surface area contributed by atoms with Gasteiger partial charge >= 0.3 is 13.7 Å². The Labute approximate surface area is 222 Å². The largest absolute Gasteiger partial charge is 0.489 e. The van der Waals surface area contributed by atoms with Gasteiger partial charge in [-0.25, -0.2) is 9.65 Å². The molecule has 38 heavy (non-hydrogen) atoms. The third-order valence-corrected chi connectivity index (χ3v) is 6.97. The van der Waals surface area contributed by atoms with Gasteiger partial charge in [-0.15, -0.1) is 0 Å². The second-order valence-corrected chi connectivity index (χ2v) is 10.3. The first-order chi connectivity index (χ1) is 18.0. The molecule has 0 aliphatic carbocycles. The Balaban J connectivity index is 2.16. The van der Waals surface area contributed by atoms with Crippen LogP contribution in [-0.4, -0.2) is 53.0 Å².